The SMILES string of the molecule is CCC1CCC(C(=O)N2CCC(c3nnc4n3CCNC4)CC2)O1. The van der Waals surface area contributed by atoms with Crippen molar-refractivity contribution in [3.63, 3.8) is 0 Å². The number of carbonyl (C=O) groups is 1. The second-order valence-electron chi connectivity index (χ2n) is 7.13. The second kappa shape index (κ2) is 6.80. The van der Waals surface area contributed by atoms with Crippen LogP contribution in [0.1, 0.15) is 56.6 Å². The monoisotopic (exact) mass is 333 g/mol. The lowest BCUT2D eigenvalue weighted by molar-refractivity contribution is -0.144. The standard InChI is InChI=1S/C17H27N5O2/c1-2-13-3-4-14(24-13)17(23)21-8-5-12(6-9-21)16-20-19-15-11-18-7-10-22(15)16/h12-14,18H,2-11H2,1H3. The molecule has 7 nitrogen and oxygen atoms in total. The van der Waals surface area contributed by atoms with Crippen LogP contribution < -0.4 is 5.32 Å². The van der Waals surface area contributed by atoms with Crippen molar-refractivity contribution in [3.05, 3.63) is 11.6 Å². The number of hydrogen-bond donors (Lipinski definition) is 1. The Hall–Kier alpha value is -1.47. The summed E-state index contributed by atoms with van der Waals surface area (Å²) in [5.74, 6) is 2.76. The molecule has 3 aliphatic heterocycles. The molecule has 0 aromatic carbocycles. The molecule has 0 spiro atoms. The number of carbonyl (C=O) groups excluding carboxylic acids is 1. The normalized spacial score (nSPS) is 28.1. The summed E-state index contributed by atoms with van der Waals surface area (Å²) in [5.41, 5.74) is 0. The Morgan fingerprint density at radius 3 is 2.79 bits per heavy atom. The van der Waals surface area contributed by atoms with E-state index in [1.807, 2.05) is 4.90 Å². The van der Waals surface area contributed by atoms with Crippen LogP contribution in [0.15, 0.2) is 0 Å². The van der Waals surface area contributed by atoms with Gasteiger partial charge in [0, 0.05) is 32.1 Å². The molecule has 1 aromatic rings. The van der Waals surface area contributed by atoms with Gasteiger partial charge in [-0.1, -0.05) is 6.92 Å². The fourth-order valence-electron chi connectivity index (χ4n) is 4.17. The highest BCUT2D eigenvalue weighted by Gasteiger charge is 2.35. The lowest BCUT2D eigenvalue weighted by Gasteiger charge is -2.33. The van der Waals surface area contributed by atoms with Crippen molar-refractivity contribution in [1.29, 1.82) is 0 Å². The lowest BCUT2D eigenvalue weighted by atomic mass is 9.95. The van der Waals surface area contributed by atoms with E-state index in [-0.39, 0.29) is 18.1 Å². The average molecular weight is 333 g/mol. The first-order valence-corrected chi connectivity index (χ1v) is 9.33. The lowest BCUT2D eigenvalue weighted by Crippen LogP contribution is -2.44. The van der Waals surface area contributed by atoms with Gasteiger partial charge in [-0.15, -0.1) is 10.2 Å². The Morgan fingerprint density at radius 1 is 1.21 bits per heavy atom. The van der Waals surface area contributed by atoms with Crippen LogP contribution >= 0.6 is 0 Å². The maximum absolute atomic E-state index is 12.6. The number of hydrogen-bond acceptors (Lipinski definition) is 5. The molecule has 7 heteroatoms. The first-order valence-electron chi connectivity index (χ1n) is 9.33. The molecule has 0 bridgehead atoms. The van der Waals surface area contributed by atoms with E-state index in [1.54, 1.807) is 0 Å². The van der Waals surface area contributed by atoms with Crippen LogP contribution in [-0.4, -0.2) is 57.4 Å². The predicted octanol–water partition coefficient (Wildman–Crippen LogP) is 1.04. The first-order chi connectivity index (χ1) is 11.8. The van der Waals surface area contributed by atoms with Gasteiger partial charge in [0.1, 0.15) is 17.8 Å². The number of aromatic nitrogens is 3. The van der Waals surface area contributed by atoms with E-state index < -0.39 is 0 Å². The van der Waals surface area contributed by atoms with Gasteiger partial charge in [-0.3, -0.25) is 4.79 Å². The third kappa shape index (κ3) is 2.95. The van der Waals surface area contributed by atoms with Crippen LogP contribution in [0.4, 0.5) is 0 Å². The molecule has 0 radical (unpaired) electrons. The third-order valence-electron chi connectivity index (χ3n) is 5.66. The van der Waals surface area contributed by atoms with Gasteiger partial charge >= 0.3 is 0 Å². The molecule has 3 aliphatic rings. The summed E-state index contributed by atoms with van der Waals surface area (Å²) in [7, 11) is 0. The zero-order valence-corrected chi connectivity index (χ0v) is 14.4. The van der Waals surface area contributed by atoms with E-state index in [9.17, 15) is 4.79 Å². The van der Waals surface area contributed by atoms with E-state index in [2.05, 4.69) is 27.0 Å². The summed E-state index contributed by atoms with van der Waals surface area (Å²) in [6.45, 7) is 6.47. The van der Waals surface area contributed by atoms with Crippen LogP contribution in [-0.2, 0) is 22.6 Å². The number of ether oxygens (including phenoxy) is 1. The minimum absolute atomic E-state index is 0.192. The number of amides is 1. The molecule has 24 heavy (non-hydrogen) atoms. The van der Waals surface area contributed by atoms with Crippen LogP contribution in [0.25, 0.3) is 0 Å². The molecule has 1 aromatic heterocycles. The number of piperidine rings is 1. The van der Waals surface area contributed by atoms with Gasteiger partial charge < -0.3 is 19.5 Å². The van der Waals surface area contributed by atoms with Crippen LogP contribution in [0.2, 0.25) is 0 Å². The summed E-state index contributed by atoms with van der Waals surface area (Å²) < 4.78 is 8.14. The highest BCUT2D eigenvalue weighted by molar-refractivity contribution is 5.81. The molecule has 1 N–H and O–H groups in total. The predicted molar refractivity (Wildman–Crippen MR) is 88.5 cm³/mol. The molecule has 2 atom stereocenters. The number of rotatable bonds is 3. The molecular weight excluding hydrogens is 306 g/mol. The first kappa shape index (κ1) is 16.0. The Bertz CT molecular complexity index is 594. The Kier molecular flexibility index (Phi) is 4.54. The number of likely N-dealkylation sites (tertiary alicyclic amines) is 1. The largest absolute Gasteiger partial charge is 0.365 e. The summed E-state index contributed by atoms with van der Waals surface area (Å²) in [4.78, 5) is 14.6. The van der Waals surface area contributed by atoms with Crippen molar-refractivity contribution in [2.24, 2.45) is 0 Å². The van der Waals surface area contributed by atoms with Crippen LogP contribution in [0.3, 0.4) is 0 Å². The highest BCUT2D eigenvalue weighted by atomic mass is 16.5. The maximum atomic E-state index is 12.6. The van der Waals surface area contributed by atoms with Gasteiger partial charge in [0.15, 0.2) is 0 Å². The van der Waals surface area contributed by atoms with E-state index in [0.29, 0.717) is 5.92 Å². The van der Waals surface area contributed by atoms with Crippen molar-refractivity contribution in [3.8, 4) is 0 Å². The van der Waals surface area contributed by atoms with E-state index in [4.69, 9.17) is 4.74 Å². The maximum Gasteiger partial charge on any atom is 0.251 e. The number of nitrogens with zero attached hydrogens (tertiary/aromatic N) is 4. The second-order valence-corrected chi connectivity index (χ2v) is 7.13. The summed E-state index contributed by atoms with van der Waals surface area (Å²) in [6, 6.07) is 0. The minimum atomic E-state index is -0.210. The quantitative estimate of drug-likeness (QED) is 0.895. The molecule has 2 unspecified atom stereocenters. The molecular formula is C17H27N5O2. The highest BCUT2D eigenvalue weighted by Crippen LogP contribution is 2.30. The zero-order valence-electron chi connectivity index (χ0n) is 14.4. The molecule has 132 valence electrons. The van der Waals surface area contributed by atoms with Gasteiger partial charge in [0.05, 0.1) is 12.6 Å². The molecule has 2 saturated heterocycles. The number of fused-ring (bicyclic) bond motifs is 1. The Balaban J connectivity index is 1.35. The summed E-state index contributed by atoms with van der Waals surface area (Å²) in [6.07, 6.45) is 4.90. The molecule has 4 rings (SSSR count). The van der Waals surface area contributed by atoms with Crippen molar-refractivity contribution < 1.29 is 9.53 Å². The smallest absolute Gasteiger partial charge is 0.251 e. The van der Waals surface area contributed by atoms with Gasteiger partial charge in [-0.25, -0.2) is 0 Å². The zero-order chi connectivity index (χ0) is 16.5. The Morgan fingerprint density at radius 2 is 2.04 bits per heavy atom. The van der Waals surface area contributed by atoms with E-state index in [0.717, 1.165) is 76.5 Å². The molecule has 4 heterocycles. The fraction of sp³-hybridized carbons (Fsp3) is 0.824. The van der Waals surface area contributed by atoms with Crippen LogP contribution in [0, 0.1) is 0 Å². The minimum Gasteiger partial charge on any atom is -0.365 e. The molecule has 2 fully saturated rings. The van der Waals surface area contributed by atoms with Gasteiger partial charge in [0.25, 0.3) is 5.91 Å². The third-order valence-corrected chi connectivity index (χ3v) is 5.66. The Labute approximate surface area is 142 Å². The molecule has 1 amide bonds. The molecule has 0 saturated carbocycles. The van der Waals surface area contributed by atoms with Gasteiger partial charge in [-0.2, -0.15) is 0 Å². The van der Waals surface area contributed by atoms with Gasteiger partial charge in [-0.05, 0) is 32.1 Å². The fourth-order valence-corrected chi connectivity index (χ4v) is 4.17. The van der Waals surface area contributed by atoms with Crippen molar-refractivity contribution in [2.45, 2.75) is 70.2 Å². The summed E-state index contributed by atoms with van der Waals surface area (Å²) in [5, 5.41) is 12.1. The van der Waals surface area contributed by atoms with Crippen LogP contribution in [0.5, 0.6) is 0 Å². The van der Waals surface area contributed by atoms with E-state index >= 15 is 0 Å². The van der Waals surface area contributed by atoms with Gasteiger partial charge in [0.2, 0.25) is 0 Å². The van der Waals surface area contributed by atoms with Crippen molar-refractivity contribution in [1.82, 2.24) is 25.0 Å². The topological polar surface area (TPSA) is 72.3 Å². The molecule has 0 aliphatic carbocycles. The average Bonchev–Trinajstić information content (AvgIpc) is 3.28. The number of nitrogens with one attached hydrogen (secondary N) is 1. The summed E-state index contributed by atoms with van der Waals surface area (Å²) >= 11 is 0. The van der Waals surface area contributed by atoms with Crippen molar-refractivity contribution in [2.75, 3.05) is 19.6 Å². The van der Waals surface area contributed by atoms with Crippen molar-refractivity contribution >= 4 is 5.91 Å². The van der Waals surface area contributed by atoms with E-state index in [1.165, 1.54) is 0 Å².